The van der Waals surface area contributed by atoms with Gasteiger partial charge in [-0.15, -0.1) is 0 Å². The van der Waals surface area contributed by atoms with Gasteiger partial charge < -0.3 is 10.6 Å². The van der Waals surface area contributed by atoms with E-state index in [1.165, 1.54) is 0 Å². The first-order valence-corrected chi connectivity index (χ1v) is 11.5. The van der Waals surface area contributed by atoms with Crippen LogP contribution in [0, 0.1) is 0 Å². The van der Waals surface area contributed by atoms with Crippen molar-refractivity contribution in [3.8, 4) is 16.9 Å². The minimum atomic E-state index is -0.263. The highest BCUT2D eigenvalue weighted by Crippen LogP contribution is 2.26. The number of benzene rings is 3. The van der Waals surface area contributed by atoms with Crippen LogP contribution >= 0.6 is 11.6 Å². The molecule has 0 aliphatic heterocycles. The van der Waals surface area contributed by atoms with Gasteiger partial charge in [-0.2, -0.15) is 5.10 Å². The molecule has 1 aromatic heterocycles. The van der Waals surface area contributed by atoms with Crippen molar-refractivity contribution in [2.24, 2.45) is 0 Å². The van der Waals surface area contributed by atoms with Gasteiger partial charge in [-0.3, -0.25) is 9.59 Å². The van der Waals surface area contributed by atoms with Crippen LogP contribution in [0.3, 0.4) is 0 Å². The number of anilines is 1. The Kier molecular flexibility index (Phi) is 7.73. The van der Waals surface area contributed by atoms with Crippen molar-refractivity contribution in [1.82, 2.24) is 15.1 Å². The Hall–Kier alpha value is -3.90. The number of carbonyl (C=O) groups is 2. The van der Waals surface area contributed by atoms with Crippen LogP contribution in [-0.4, -0.2) is 28.1 Å². The summed E-state index contributed by atoms with van der Waals surface area (Å²) in [6.07, 6.45) is 0.926. The van der Waals surface area contributed by atoms with Crippen molar-refractivity contribution in [1.29, 1.82) is 0 Å². The summed E-state index contributed by atoms with van der Waals surface area (Å²) >= 11 is 6.17. The Morgan fingerprint density at radius 3 is 2.26 bits per heavy atom. The van der Waals surface area contributed by atoms with Crippen molar-refractivity contribution in [3.05, 3.63) is 102 Å². The van der Waals surface area contributed by atoms with Crippen LogP contribution in [0.2, 0.25) is 5.02 Å². The van der Waals surface area contributed by atoms with Gasteiger partial charge in [0.1, 0.15) is 5.82 Å². The third-order valence-electron chi connectivity index (χ3n) is 5.26. The van der Waals surface area contributed by atoms with E-state index < -0.39 is 0 Å². The molecule has 4 rings (SSSR count). The van der Waals surface area contributed by atoms with Gasteiger partial charge >= 0.3 is 0 Å². The number of aromatic nitrogens is 2. The van der Waals surface area contributed by atoms with Gasteiger partial charge in [-0.25, -0.2) is 4.68 Å². The molecule has 0 aliphatic carbocycles. The number of nitrogens with zero attached hydrogens (tertiary/aromatic N) is 2. The minimum Gasteiger partial charge on any atom is -0.356 e. The summed E-state index contributed by atoms with van der Waals surface area (Å²) in [5.41, 5.74) is 3.53. The summed E-state index contributed by atoms with van der Waals surface area (Å²) in [6.45, 7) is 0.534. The second-order valence-corrected chi connectivity index (χ2v) is 8.24. The molecule has 0 radical (unpaired) electrons. The lowest BCUT2D eigenvalue weighted by molar-refractivity contribution is -0.124. The van der Waals surface area contributed by atoms with Crippen molar-refractivity contribution in [3.63, 3.8) is 0 Å². The maximum absolute atomic E-state index is 12.7. The maximum Gasteiger partial charge on any atom is 0.226 e. The Morgan fingerprint density at radius 2 is 1.53 bits per heavy atom. The van der Waals surface area contributed by atoms with Gasteiger partial charge in [0.05, 0.1) is 11.4 Å². The van der Waals surface area contributed by atoms with Crippen molar-refractivity contribution in [2.45, 2.75) is 19.3 Å². The molecule has 0 fully saturated rings. The topological polar surface area (TPSA) is 76.0 Å². The molecule has 1 heterocycles. The molecule has 0 bridgehead atoms. The standard InChI is InChI=1S/C27H25ClN4O2/c28-22-12-7-13-23(18-22)32-25(19-24(31-32)21-10-5-2-6-11-21)30-27(34)15-14-26(33)29-17-16-20-8-3-1-4-9-20/h1-13,18-19H,14-17H2,(H,29,33)(H,30,34). The average molecular weight is 473 g/mol. The average Bonchev–Trinajstić information content (AvgIpc) is 3.28. The van der Waals surface area contributed by atoms with E-state index in [4.69, 9.17) is 11.6 Å². The maximum atomic E-state index is 12.7. The molecular weight excluding hydrogens is 448 g/mol. The third-order valence-corrected chi connectivity index (χ3v) is 5.49. The lowest BCUT2D eigenvalue weighted by Gasteiger charge is -2.09. The monoisotopic (exact) mass is 472 g/mol. The molecule has 3 aromatic carbocycles. The van der Waals surface area contributed by atoms with Crippen molar-refractivity contribution >= 4 is 29.2 Å². The third kappa shape index (κ3) is 6.33. The Bertz CT molecular complexity index is 1260. The fraction of sp³-hybridized carbons (Fsp3) is 0.148. The van der Waals surface area contributed by atoms with Crippen LogP contribution in [-0.2, 0) is 16.0 Å². The first-order chi connectivity index (χ1) is 16.6. The van der Waals surface area contributed by atoms with Crippen LogP contribution < -0.4 is 10.6 Å². The first kappa shape index (κ1) is 23.3. The fourth-order valence-corrected chi connectivity index (χ4v) is 3.72. The van der Waals surface area contributed by atoms with E-state index in [2.05, 4.69) is 15.7 Å². The lowest BCUT2D eigenvalue weighted by Crippen LogP contribution is -2.27. The quantitative estimate of drug-likeness (QED) is 0.348. The summed E-state index contributed by atoms with van der Waals surface area (Å²) in [5.74, 6) is 0.0935. The second kappa shape index (κ2) is 11.3. The largest absolute Gasteiger partial charge is 0.356 e. The molecule has 0 aliphatic rings. The molecule has 34 heavy (non-hydrogen) atoms. The predicted molar refractivity (Wildman–Crippen MR) is 135 cm³/mol. The van der Waals surface area contributed by atoms with E-state index in [0.29, 0.717) is 17.4 Å². The van der Waals surface area contributed by atoms with E-state index in [1.54, 1.807) is 16.8 Å². The predicted octanol–water partition coefficient (Wildman–Crippen LogP) is 5.27. The molecule has 0 spiro atoms. The normalized spacial score (nSPS) is 10.6. The van der Waals surface area contributed by atoms with Gasteiger partial charge in [0, 0.05) is 36.0 Å². The van der Waals surface area contributed by atoms with Crippen LogP contribution in [0.1, 0.15) is 18.4 Å². The van der Waals surface area contributed by atoms with Crippen LogP contribution in [0.25, 0.3) is 16.9 Å². The molecule has 4 aromatic rings. The van der Waals surface area contributed by atoms with E-state index in [9.17, 15) is 9.59 Å². The molecule has 172 valence electrons. The van der Waals surface area contributed by atoms with Crippen LogP contribution in [0.4, 0.5) is 5.82 Å². The molecule has 0 saturated carbocycles. The van der Waals surface area contributed by atoms with Crippen LogP contribution in [0.15, 0.2) is 91.0 Å². The number of nitrogens with one attached hydrogen (secondary N) is 2. The van der Waals surface area contributed by atoms with Gasteiger partial charge in [-0.05, 0) is 30.2 Å². The summed E-state index contributed by atoms with van der Waals surface area (Å²) in [5, 5.41) is 11.0. The highest BCUT2D eigenvalue weighted by molar-refractivity contribution is 6.30. The number of halogens is 1. The number of rotatable bonds is 9. The number of hydrogen-bond acceptors (Lipinski definition) is 3. The summed E-state index contributed by atoms with van der Waals surface area (Å²) < 4.78 is 1.64. The number of carbonyl (C=O) groups excluding carboxylic acids is 2. The zero-order valence-electron chi connectivity index (χ0n) is 18.6. The summed E-state index contributed by atoms with van der Waals surface area (Å²) in [4.78, 5) is 24.8. The van der Waals surface area contributed by atoms with Gasteiger partial charge in [0.25, 0.3) is 0 Å². The van der Waals surface area contributed by atoms with Crippen molar-refractivity contribution < 1.29 is 9.59 Å². The van der Waals surface area contributed by atoms with E-state index in [1.807, 2.05) is 78.9 Å². The van der Waals surface area contributed by atoms with E-state index in [0.717, 1.165) is 28.9 Å². The van der Waals surface area contributed by atoms with E-state index in [-0.39, 0.29) is 24.7 Å². The summed E-state index contributed by atoms with van der Waals surface area (Å²) in [7, 11) is 0. The second-order valence-electron chi connectivity index (χ2n) is 7.81. The fourth-order valence-electron chi connectivity index (χ4n) is 3.54. The molecule has 2 N–H and O–H groups in total. The molecule has 7 heteroatoms. The minimum absolute atomic E-state index is 0.0680. The zero-order chi connectivity index (χ0) is 23.8. The van der Waals surface area contributed by atoms with Gasteiger partial charge in [-0.1, -0.05) is 78.3 Å². The molecule has 6 nitrogen and oxygen atoms in total. The Morgan fingerprint density at radius 1 is 0.824 bits per heavy atom. The number of hydrogen-bond donors (Lipinski definition) is 2. The number of amides is 2. The highest BCUT2D eigenvalue weighted by atomic mass is 35.5. The Balaban J connectivity index is 1.39. The van der Waals surface area contributed by atoms with E-state index >= 15 is 0 Å². The van der Waals surface area contributed by atoms with Crippen LogP contribution in [0.5, 0.6) is 0 Å². The van der Waals surface area contributed by atoms with Gasteiger partial charge in [0.2, 0.25) is 11.8 Å². The summed E-state index contributed by atoms with van der Waals surface area (Å²) in [6, 6.07) is 28.7. The Labute approximate surface area is 203 Å². The molecule has 0 saturated heterocycles. The molecular formula is C27H25ClN4O2. The SMILES string of the molecule is O=C(CCC(=O)Nc1cc(-c2ccccc2)nn1-c1cccc(Cl)c1)NCCc1ccccc1. The first-order valence-electron chi connectivity index (χ1n) is 11.1. The smallest absolute Gasteiger partial charge is 0.226 e. The highest BCUT2D eigenvalue weighted by Gasteiger charge is 2.15. The molecule has 0 atom stereocenters. The molecule has 0 unspecified atom stereocenters. The van der Waals surface area contributed by atoms with Gasteiger partial charge in [0.15, 0.2) is 0 Å². The molecule has 2 amide bonds. The lowest BCUT2D eigenvalue weighted by atomic mass is 10.1. The zero-order valence-corrected chi connectivity index (χ0v) is 19.3. The van der Waals surface area contributed by atoms with Crippen molar-refractivity contribution in [2.75, 3.05) is 11.9 Å².